The lowest BCUT2D eigenvalue weighted by atomic mass is 10.0. The molecule has 0 aliphatic rings. The van der Waals surface area contributed by atoms with Crippen molar-refractivity contribution in [1.82, 2.24) is 0 Å². The summed E-state index contributed by atoms with van der Waals surface area (Å²) in [7, 11) is 1.47. The molecule has 0 amide bonds. The predicted molar refractivity (Wildman–Crippen MR) is 335 cm³/mol. The number of esters is 2. The quantitative estimate of drug-likeness (QED) is 0.0211. The molecule has 0 aliphatic heterocycles. The molecule has 1 N–H and O–H groups in total. The fourth-order valence-corrected chi connectivity index (χ4v) is 10.5. The molecule has 0 fully saturated rings. The number of quaternary nitrogens is 1. The normalized spacial score (nSPS) is 13.5. The second kappa shape index (κ2) is 59.6. The average Bonchev–Trinajstić information content (AvgIpc) is 3.41. The van der Waals surface area contributed by atoms with E-state index in [0.29, 0.717) is 17.4 Å². The first-order chi connectivity index (χ1) is 38.0. The average molecular weight is 1120 g/mol. The van der Waals surface area contributed by atoms with Crippen LogP contribution in [0.2, 0.25) is 0 Å². The van der Waals surface area contributed by atoms with Crippen molar-refractivity contribution >= 4 is 19.8 Å². The van der Waals surface area contributed by atoms with Gasteiger partial charge in [-0.1, -0.05) is 287 Å². The number of hydrogen-bond acceptors (Lipinski definition) is 7. The van der Waals surface area contributed by atoms with Gasteiger partial charge >= 0.3 is 19.8 Å². The van der Waals surface area contributed by atoms with Crippen LogP contribution in [0.25, 0.3) is 0 Å². The third-order valence-corrected chi connectivity index (χ3v) is 15.8. The van der Waals surface area contributed by atoms with Crippen molar-refractivity contribution in [2.75, 3.05) is 47.5 Å². The SMILES string of the molecule is CC/C=C\C/C=C\C/C=C\CCCCCCCC(=O)OC(COC(=O)CCCCCCCCCCCCCCCCCCCCCCCCCCCCC/C=C\CCCCCCCCCC)COP(=O)(O)OCC[N+](C)(C)C. The molecular formula is C68H129NO8P+. The van der Waals surface area contributed by atoms with Crippen LogP contribution in [0.5, 0.6) is 0 Å². The Kier molecular flexibility index (Phi) is 58.0. The van der Waals surface area contributed by atoms with Crippen LogP contribution >= 0.6 is 7.82 Å². The molecule has 0 saturated heterocycles. The summed E-state index contributed by atoms with van der Waals surface area (Å²) in [6, 6.07) is 0. The fraction of sp³-hybridized carbons (Fsp3) is 0.853. The molecule has 0 aromatic carbocycles. The molecule has 0 aromatic rings. The molecule has 0 aromatic heterocycles. The number of rotatable bonds is 62. The van der Waals surface area contributed by atoms with E-state index >= 15 is 0 Å². The van der Waals surface area contributed by atoms with E-state index < -0.39 is 26.5 Å². The molecule has 2 unspecified atom stereocenters. The number of phosphoric acid groups is 1. The molecule has 0 bridgehead atoms. The zero-order valence-corrected chi connectivity index (χ0v) is 53.1. The van der Waals surface area contributed by atoms with E-state index in [-0.39, 0.29) is 32.0 Å². The number of allylic oxidation sites excluding steroid dienone is 8. The van der Waals surface area contributed by atoms with Crippen molar-refractivity contribution in [3.05, 3.63) is 48.6 Å². The van der Waals surface area contributed by atoms with Gasteiger partial charge in [0, 0.05) is 12.8 Å². The molecule has 2 atom stereocenters. The Bertz CT molecular complexity index is 1460. The molecule has 9 nitrogen and oxygen atoms in total. The largest absolute Gasteiger partial charge is 0.472 e. The highest BCUT2D eigenvalue weighted by molar-refractivity contribution is 7.47. The molecule has 458 valence electrons. The third-order valence-electron chi connectivity index (χ3n) is 14.8. The first-order valence-corrected chi connectivity index (χ1v) is 34.9. The van der Waals surface area contributed by atoms with Crippen LogP contribution in [0.1, 0.15) is 322 Å². The molecule has 0 rings (SSSR count). The molecule has 0 heterocycles. The smallest absolute Gasteiger partial charge is 0.462 e. The second-order valence-electron chi connectivity index (χ2n) is 23.8. The molecule has 0 saturated carbocycles. The minimum atomic E-state index is -4.39. The fourth-order valence-electron chi connectivity index (χ4n) is 9.73. The Balaban J connectivity index is 3.86. The zero-order chi connectivity index (χ0) is 57.0. The van der Waals surface area contributed by atoms with Gasteiger partial charge in [-0.2, -0.15) is 0 Å². The Hall–Kier alpha value is -2.03. The van der Waals surface area contributed by atoms with Gasteiger partial charge in [0.1, 0.15) is 19.8 Å². The van der Waals surface area contributed by atoms with Crippen LogP contribution < -0.4 is 0 Å². The van der Waals surface area contributed by atoms with Crippen molar-refractivity contribution in [3.63, 3.8) is 0 Å². The molecule has 0 spiro atoms. The maximum absolute atomic E-state index is 12.8. The highest BCUT2D eigenvalue weighted by Crippen LogP contribution is 2.43. The predicted octanol–water partition coefficient (Wildman–Crippen LogP) is 21.3. The first kappa shape index (κ1) is 76.0. The lowest BCUT2D eigenvalue weighted by Gasteiger charge is -2.24. The third kappa shape index (κ3) is 63.2. The number of hydrogen-bond donors (Lipinski definition) is 1. The van der Waals surface area contributed by atoms with Gasteiger partial charge in [-0.3, -0.25) is 18.6 Å². The Labute approximate surface area is 484 Å². The van der Waals surface area contributed by atoms with Crippen LogP contribution in [0, 0.1) is 0 Å². The highest BCUT2D eigenvalue weighted by Gasteiger charge is 2.27. The van der Waals surface area contributed by atoms with Crippen molar-refractivity contribution in [1.29, 1.82) is 0 Å². The van der Waals surface area contributed by atoms with E-state index in [0.717, 1.165) is 70.6 Å². The summed E-state index contributed by atoms with van der Waals surface area (Å²) in [6.45, 7) is 4.33. The van der Waals surface area contributed by atoms with Gasteiger partial charge in [-0.25, -0.2) is 4.57 Å². The summed E-state index contributed by atoms with van der Waals surface area (Å²) in [5, 5.41) is 0. The van der Waals surface area contributed by atoms with Gasteiger partial charge in [0.2, 0.25) is 0 Å². The van der Waals surface area contributed by atoms with E-state index in [1.807, 2.05) is 21.1 Å². The van der Waals surface area contributed by atoms with Crippen molar-refractivity contribution in [3.8, 4) is 0 Å². The Morgan fingerprint density at radius 3 is 1.10 bits per heavy atom. The van der Waals surface area contributed by atoms with E-state index in [1.54, 1.807) is 0 Å². The molecule has 0 radical (unpaired) electrons. The zero-order valence-electron chi connectivity index (χ0n) is 52.2. The topological polar surface area (TPSA) is 108 Å². The van der Waals surface area contributed by atoms with Crippen molar-refractivity contribution < 1.29 is 42.1 Å². The van der Waals surface area contributed by atoms with Crippen molar-refractivity contribution in [2.45, 2.75) is 328 Å². The minimum absolute atomic E-state index is 0.0285. The van der Waals surface area contributed by atoms with E-state index in [9.17, 15) is 19.0 Å². The van der Waals surface area contributed by atoms with Gasteiger partial charge < -0.3 is 18.9 Å². The summed E-state index contributed by atoms with van der Waals surface area (Å²) >= 11 is 0. The molecule has 78 heavy (non-hydrogen) atoms. The van der Waals surface area contributed by atoms with Crippen LogP contribution in [0.15, 0.2) is 48.6 Å². The van der Waals surface area contributed by atoms with E-state index in [2.05, 4.69) is 62.5 Å². The van der Waals surface area contributed by atoms with Crippen LogP contribution in [0.3, 0.4) is 0 Å². The van der Waals surface area contributed by atoms with Gasteiger partial charge in [0.15, 0.2) is 6.10 Å². The van der Waals surface area contributed by atoms with Gasteiger partial charge in [-0.05, 0) is 70.6 Å². The minimum Gasteiger partial charge on any atom is -0.462 e. The van der Waals surface area contributed by atoms with Crippen LogP contribution in [0.4, 0.5) is 0 Å². The summed E-state index contributed by atoms with van der Waals surface area (Å²) in [6.07, 6.45) is 76.7. The second-order valence-corrected chi connectivity index (χ2v) is 25.3. The number of carbonyl (C=O) groups is 2. The Morgan fingerprint density at radius 1 is 0.410 bits per heavy atom. The number of nitrogens with zero attached hydrogens (tertiary/aromatic N) is 1. The van der Waals surface area contributed by atoms with E-state index in [4.69, 9.17) is 18.5 Å². The number of carbonyl (C=O) groups excluding carboxylic acids is 2. The maximum atomic E-state index is 12.8. The lowest BCUT2D eigenvalue weighted by molar-refractivity contribution is -0.870. The Morgan fingerprint density at radius 2 is 0.731 bits per heavy atom. The molecule has 10 heteroatoms. The van der Waals surface area contributed by atoms with Gasteiger partial charge in [0.25, 0.3) is 0 Å². The number of phosphoric ester groups is 1. The van der Waals surface area contributed by atoms with Gasteiger partial charge in [0.05, 0.1) is 27.7 Å². The summed E-state index contributed by atoms with van der Waals surface area (Å²) < 4.78 is 34.6. The lowest BCUT2D eigenvalue weighted by Crippen LogP contribution is -2.37. The highest BCUT2D eigenvalue weighted by atomic mass is 31.2. The summed E-state index contributed by atoms with van der Waals surface area (Å²) in [5.41, 5.74) is 0. The van der Waals surface area contributed by atoms with E-state index in [1.165, 1.54) is 218 Å². The summed E-state index contributed by atoms with van der Waals surface area (Å²) in [4.78, 5) is 35.7. The van der Waals surface area contributed by atoms with Gasteiger partial charge in [-0.15, -0.1) is 0 Å². The monoisotopic (exact) mass is 1120 g/mol. The van der Waals surface area contributed by atoms with Crippen LogP contribution in [-0.4, -0.2) is 74.9 Å². The standard InChI is InChI=1S/C68H128NO8P/c1-6-8-10-12-14-16-18-20-22-23-24-25-26-27-28-29-30-31-32-33-34-35-36-37-38-39-40-41-42-43-44-45-47-48-50-52-54-56-58-60-67(70)74-64-66(65-76-78(72,73)75-63-62-69(3,4)5)77-68(71)61-59-57-55-53-51-49-46-21-19-17-15-13-11-9-7-2/h9,11,15,17,21,23-24,46,66H,6-8,10,12-14,16,18-20,22,25-45,47-65H2,1-5H3/p+1/b11-9-,17-15-,24-23-,46-21-. The van der Waals surface area contributed by atoms with Crippen LogP contribution in [-0.2, 0) is 32.7 Å². The number of likely N-dealkylation sites (N-methyl/N-ethyl adjacent to an activating group) is 1. The first-order valence-electron chi connectivity index (χ1n) is 33.4. The molecule has 0 aliphatic carbocycles. The molecular weight excluding hydrogens is 990 g/mol. The number of unbranched alkanes of at least 4 members (excludes halogenated alkanes) is 40. The van der Waals surface area contributed by atoms with Crippen molar-refractivity contribution in [2.24, 2.45) is 0 Å². The summed E-state index contributed by atoms with van der Waals surface area (Å²) in [5.74, 6) is -0.806. The number of ether oxygens (including phenoxy) is 2. The maximum Gasteiger partial charge on any atom is 0.472 e.